The lowest BCUT2D eigenvalue weighted by Crippen LogP contribution is -2.30. The molecule has 4 rings (SSSR count). The zero-order valence-electron chi connectivity index (χ0n) is 14.5. The minimum atomic E-state index is -0.360. The van der Waals surface area contributed by atoms with Crippen LogP contribution in [0.3, 0.4) is 0 Å². The second-order valence-corrected chi connectivity index (χ2v) is 6.18. The predicted octanol–water partition coefficient (Wildman–Crippen LogP) is 2.37. The lowest BCUT2D eigenvalue weighted by Gasteiger charge is -2.18. The molecule has 1 atom stereocenters. The van der Waals surface area contributed by atoms with E-state index in [1.165, 1.54) is 4.57 Å². The van der Waals surface area contributed by atoms with Crippen molar-refractivity contribution in [1.82, 2.24) is 19.9 Å². The molecule has 0 spiro atoms. The van der Waals surface area contributed by atoms with Crippen LogP contribution in [0.4, 0.5) is 0 Å². The number of hydrogen-bond donors (Lipinski definition) is 1. The number of aromatic nitrogens is 3. The van der Waals surface area contributed by atoms with E-state index in [-0.39, 0.29) is 17.5 Å². The molecule has 1 unspecified atom stereocenters. The van der Waals surface area contributed by atoms with Gasteiger partial charge in [-0.05, 0) is 36.8 Å². The molecule has 0 bridgehead atoms. The van der Waals surface area contributed by atoms with E-state index in [0.717, 1.165) is 6.42 Å². The largest absolute Gasteiger partial charge is 0.497 e. The Bertz CT molecular complexity index is 1070. The predicted molar refractivity (Wildman–Crippen MR) is 96.8 cm³/mol. The first-order valence-electron chi connectivity index (χ1n) is 8.51. The Kier molecular flexibility index (Phi) is 3.91. The number of methoxy groups -OCH3 is 1. The first kappa shape index (κ1) is 16.3. The van der Waals surface area contributed by atoms with Crippen LogP contribution in [0.15, 0.2) is 41.3 Å². The van der Waals surface area contributed by atoms with Gasteiger partial charge in [0.2, 0.25) is 0 Å². The zero-order chi connectivity index (χ0) is 18.3. The third-order valence-corrected chi connectivity index (χ3v) is 4.54. The van der Waals surface area contributed by atoms with Gasteiger partial charge in [-0.25, -0.2) is 14.5 Å². The maximum absolute atomic E-state index is 13.3. The Labute approximate surface area is 149 Å². The molecule has 1 aromatic carbocycles. The molecular formula is C19H18N4O3. The Hall–Kier alpha value is -3.22. The number of hydrogen-bond acceptors (Lipinski definition) is 5. The molecule has 0 fully saturated rings. The number of benzene rings is 1. The second kappa shape index (κ2) is 6.25. The van der Waals surface area contributed by atoms with Gasteiger partial charge in [0.05, 0.1) is 29.6 Å². The lowest BCUT2D eigenvalue weighted by atomic mass is 10.1. The molecule has 7 heteroatoms. The fourth-order valence-corrected chi connectivity index (χ4v) is 3.29. The summed E-state index contributed by atoms with van der Waals surface area (Å²) in [5, 5.41) is 3.41. The van der Waals surface area contributed by atoms with E-state index >= 15 is 0 Å². The quantitative estimate of drug-likeness (QED) is 0.784. The van der Waals surface area contributed by atoms with E-state index in [9.17, 15) is 9.59 Å². The van der Waals surface area contributed by atoms with Crippen LogP contribution >= 0.6 is 0 Å². The summed E-state index contributed by atoms with van der Waals surface area (Å²) in [4.78, 5) is 35.0. The summed E-state index contributed by atoms with van der Waals surface area (Å²) >= 11 is 0. The molecule has 1 aliphatic heterocycles. The number of nitrogens with one attached hydrogen (secondary N) is 1. The minimum absolute atomic E-state index is 0.252. The van der Waals surface area contributed by atoms with E-state index in [1.54, 1.807) is 43.6 Å². The lowest BCUT2D eigenvalue weighted by molar-refractivity contribution is 0.0935. The van der Waals surface area contributed by atoms with Crippen LogP contribution in [0, 0.1) is 0 Å². The van der Waals surface area contributed by atoms with Crippen LogP contribution < -0.4 is 15.6 Å². The molecule has 0 saturated carbocycles. The number of ether oxygens (including phenoxy) is 1. The highest BCUT2D eigenvalue weighted by atomic mass is 16.5. The van der Waals surface area contributed by atoms with E-state index in [0.29, 0.717) is 40.3 Å². The number of amides is 1. The smallest absolute Gasteiger partial charge is 0.267 e. The standard InChI is InChI=1S/C19H18N4O3/c1-3-5-15-17-21-14-8-7-11(26-2)10-13(14)19(25)23(17)16-12(18(24)22-15)6-4-9-20-16/h4,6-10,15H,3,5H2,1-2H3,(H,22,24). The molecule has 3 aromatic rings. The van der Waals surface area contributed by atoms with E-state index in [4.69, 9.17) is 9.72 Å². The van der Waals surface area contributed by atoms with Crippen molar-refractivity contribution < 1.29 is 9.53 Å². The van der Waals surface area contributed by atoms with Gasteiger partial charge in [0, 0.05) is 6.20 Å². The SMILES string of the molecule is CCCC1NC(=O)c2cccnc2-n2c1nc1ccc(OC)cc1c2=O. The summed E-state index contributed by atoms with van der Waals surface area (Å²) in [5.74, 6) is 1.13. The molecule has 0 aliphatic carbocycles. The van der Waals surface area contributed by atoms with Crippen LogP contribution in [0.25, 0.3) is 16.7 Å². The summed E-state index contributed by atoms with van der Waals surface area (Å²) in [5.41, 5.74) is 0.664. The van der Waals surface area contributed by atoms with E-state index in [1.807, 2.05) is 6.92 Å². The van der Waals surface area contributed by atoms with Gasteiger partial charge in [-0.15, -0.1) is 0 Å². The molecule has 132 valence electrons. The van der Waals surface area contributed by atoms with Gasteiger partial charge in [0.25, 0.3) is 11.5 Å². The molecule has 1 aliphatic rings. The molecule has 7 nitrogen and oxygen atoms in total. The summed E-state index contributed by atoms with van der Waals surface area (Å²) in [6, 6.07) is 8.17. The number of rotatable bonds is 3. The Morgan fingerprint density at radius 1 is 1.27 bits per heavy atom. The van der Waals surface area contributed by atoms with Crippen molar-refractivity contribution in [3.05, 3.63) is 58.3 Å². The minimum Gasteiger partial charge on any atom is -0.497 e. The Morgan fingerprint density at radius 2 is 2.12 bits per heavy atom. The van der Waals surface area contributed by atoms with Crippen molar-refractivity contribution in [2.45, 2.75) is 25.8 Å². The number of nitrogens with zero attached hydrogens (tertiary/aromatic N) is 3. The van der Waals surface area contributed by atoms with Gasteiger partial charge >= 0.3 is 0 Å². The molecule has 2 aromatic heterocycles. The van der Waals surface area contributed by atoms with Crippen molar-refractivity contribution in [3.63, 3.8) is 0 Å². The van der Waals surface area contributed by atoms with Gasteiger partial charge in [-0.2, -0.15) is 0 Å². The number of carbonyl (C=O) groups excluding carboxylic acids is 1. The van der Waals surface area contributed by atoms with Crippen LogP contribution in [0.2, 0.25) is 0 Å². The van der Waals surface area contributed by atoms with Crippen LogP contribution in [0.5, 0.6) is 5.75 Å². The molecule has 0 saturated heterocycles. The average Bonchev–Trinajstić information content (AvgIpc) is 2.78. The van der Waals surface area contributed by atoms with Gasteiger partial charge in [0.1, 0.15) is 11.6 Å². The zero-order valence-corrected chi connectivity index (χ0v) is 14.5. The highest BCUT2D eigenvalue weighted by Crippen LogP contribution is 2.26. The maximum Gasteiger partial charge on any atom is 0.267 e. The van der Waals surface area contributed by atoms with Crippen LogP contribution in [0.1, 0.15) is 42.0 Å². The Balaban J connectivity index is 2.11. The molecule has 3 heterocycles. The van der Waals surface area contributed by atoms with Crippen molar-refractivity contribution in [2.24, 2.45) is 0 Å². The second-order valence-electron chi connectivity index (χ2n) is 6.18. The topological polar surface area (TPSA) is 86.1 Å². The van der Waals surface area contributed by atoms with E-state index in [2.05, 4.69) is 10.3 Å². The molecule has 1 amide bonds. The highest BCUT2D eigenvalue weighted by Gasteiger charge is 2.29. The molecule has 1 N–H and O–H groups in total. The normalized spacial score (nSPS) is 15.8. The third-order valence-electron chi connectivity index (χ3n) is 4.54. The monoisotopic (exact) mass is 350 g/mol. The third kappa shape index (κ3) is 2.44. The highest BCUT2D eigenvalue weighted by molar-refractivity contribution is 5.98. The number of pyridine rings is 1. The van der Waals surface area contributed by atoms with Crippen molar-refractivity contribution in [2.75, 3.05) is 7.11 Å². The molecule has 26 heavy (non-hydrogen) atoms. The number of carbonyl (C=O) groups is 1. The summed E-state index contributed by atoms with van der Waals surface area (Å²) in [6.45, 7) is 2.02. The van der Waals surface area contributed by atoms with Gasteiger partial charge in [0.15, 0.2) is 5.82 Å². The maximum atomic E-state index is 13.3. The average molecular weight is 350 g/mol. The van der Waals surface area contributed by atoms with Crippen molar-refractivity contribution in [3.8, 4) is 11.6 Å². The fraction of sp³-hybridized carbons (Fsp3) is 0.263. The molecular weight excluding hydrogens is 332 g/mol. The summed E-state index contributed by atoms with van der Waals surface area (Å²) in [6.07, 6.45) is 3.08. The van der Waals surface area contributed by atoms with Gasteiger partial charge < -0.3 is 10.1 Å². The molecule has 0 radical (unpaired) electrons. The van der Waals surface area contributed by atoms with Crippen LogP contribution in [-0.2, 0) is 0 Å². The summed E-state index contributed by atoms with van der Waals surface area (Å²) < 4.78 is 6.69. The Morgan fingerprint density at radius 3 is 2.88 bits per heavy atom. The summed E-state index contributed by atoms with van der Waals surface area (Å²) in [7, 11) is 1.55. The van der Waals surface area contributed by atoms with Crippen molar-refractivity contribution in [1.29, 1.82) is 0 Å². The van der Waals surface area contributed by atoms with Gasteiger partial charge in [-0.3, -0.25) is 9.59 Å². The first-order chi connectivity index (χ1) is 12.6. The van der Waals surface area contributed by atoms with E-state index < -0.39 is 0 Å². The number of fused-ring (bicyclic) bond motifs is 4. The van der Waals surface area contributed by atoms with Crippen LogP contribution in [-0.4, -0.2) is 27.6 Å². The van der Waals surface area contributed by atoms with Gasteiger partial charge in [-0.1, -0.05) is 13.3 Å². The fourth-order valence-electron chi connectivity index (χ4n) is 3.29. The first-order valence-corrected chi connectivity index (χ1v) is 8.51. The van der Waals surface area contributed by atoms with Crippen molar-refractivity contribution >= 4 is 16.8 Å².